The van der Waals surface area contributed by atoms with E-state index in [0.717, 1.165) is 18.0 Å². The highest BCUT2D eigenvalue weighted by Crippen LogP contribution is 2.27. The van der Waals surface area contributed by atoms with Crippen LogP contribution in [0.25, 0.3) is 10.9 Å². The normalized spacial score (nSPS) is 16.0. The Morgan fingerprint density at radius 2 is 2.06 bits per heavy atom. The topological polar surface area (TPSA) is 24.9 Å². The first-order valence-corrected chi connectivity index (χ1v) is 6.01. The Balaban J connectivity index is 1.84. The first kappa shape index (κ1) is 9.64. The zero-order valence-electron chi connectivity index (χ0n) is 9.32. The number of nitrogens with one attached hydrogen (secondary N) is 1. The van der Waals surface area contributed by atoms with E-state index in [4.69, 9.17) is 0 Å². The SMILES string of the molecule is c1cnc2c(NCC3CCC3)cccc2c1. The molecule has 1 fully saturated rings. The van der Waals surface area contributed by atoms with Crippen LogP contribution in [-0.4, -0.2) is 11.5 Å². The quantitative estimate of drug-likeness (QED) is 0.843. The van der Waals surface area contributed by atoms with E-state index >= 15 is 0 Å². The molecule has 0 atom stereocenters. The maximum absolute atomic E-state index is 4.44. The van der Waals surface area contributed by atoms with Crippen molar-refractivity contribution < 1.29 is 0 Å². The second-order valence-electron chi connectivity index (χ2n) is 4.56. The highest BCUT2D eigenvalue weighted by Gasteiger charge is 2.16. The number of nitrogens with zero attached hydrogens (tertiary/aromatic N) is 1. The Kier molecular flexibility index (Phi) is 2.49. The number of aromatic nitrogens is 1. The Morgan fingerprint density at radius 3 is 2.88 bits per heavy atom. The van der Waals surface area contributed by atoms with Crippen LogP contribution in [0.4, 0.5) is 5.69 Å². The average Bonchev–Trinajstić information content (AvgIpc) is 2.27. The van der Waals surface area contributed by atoms with Gasteiger partial charge in [-0.2, -0.15) is 0 Å². The van der Waals surface area contributed by atoms with Crippen LogP contribution in [0.1, 0.15) is 19.3 Å². The van der Waals surface area contributed by atoms with Gasteiger partial charge in [0, 0.05) is 18.1 Å². The van der Waals surface area contributed by atoms with Crippen LogP contribution >= 0.6 is 0 Å². The van der Waals surface area contributed by atoms with Gasteiger partial charge in [0.05, 0.1) is 11.2 Å². The molecule has 0 radical (unpaired) electrons. The smallest absolute Gasteiger partial charge is 0.0933 e. The van der Waals surface area contributed by atoms with Crippen molar-refractivity contribution >= 4 is 16.6 Å². The molecular formula is C14H16N2. The summed E-state index contributed by atoms with van der Waals surface area (Å²) < 4.78 is 0. The minimum atomic E-state index is 0.874. The molecule has 2 nitrogen and oxygen atoms in total. The fourth-order valence-electron chi connectivity index (χ4n) is 2.20. The number of anilines is 1. The Morgan fingerprint density at radius 1 is 1.19 bits per heavy atom. The minimum Gasteiger partial charge on any atom is -0.383 e. The van der Waals surface area contributed by atoms with Gasteiger partial charge in [-0.3, -0.25) is 4.98 Å². The van der Waals surface area contributed by atoms with E-state index in [2.05, 4.69) is 34.6 Å². The number of hydrogen-bond donors (Lipinski definition) is 1. The second-order valence-corrected chi connectivity index (χ2v) is 4.56. The molecule has 0 aliphatic heterocycles. The van der Waals surface area contributed by atoms with Gasteiger partial charge in [0.25, 0.3) is 0 Å². The zero-order chi connectivity index (χ0) is 10.8. The molecule has 3 rings (SSSR count). The third kappa shape index (κ3) is 1.75. The van der Waals surface area contributed by atoms with Crippen molar-refractivity contribution in [1.29, 1.82) is 0 Å². The maximum atomic E-state index is 4.44. The molecule has 1 N–H and O–H groups in total. The highest BCUT2D eigenvalue weighted by molar-refractivity contribution is 5.90. The predicted molar refractivity (Wildman–Crippen MR) is 67.6 cm³/mol. The molecule has 82 valence electrons. The summed E-state index contributed by atoms with van der Waals surface area (Å²) in [6, 6.07) is 10.4. The summed E-state index contributed by atoms with van der Waals surface area (Å²) in [7, 11) is 0. The van der Waals surface area contributed by atoms with E-state index in [1.165, 1.54) is 30.3 Å². The predicted octanol–water partition coefficient (Wildman–Crippen LogP) is 3.45. The van der Waals surface area contributed by atoms with Crippen molar-refractivity contribution in [3.05, 3.63) is 36.5 Å². The first-order chi connectivity index (χ1) is 7.93. The minimum absolute atomic E-state index is 0.874. The van der Waals surface area contributed by atoms with Gasteiger partial charge in [-0.15, -0.1) is 0 Å². The summed E-state index contributed by atoms with van der Waals surface area (Å²) in [5, 5.41) is 4.74. The van der Waals surface area contributed by atoms with Crippen molar-refractivity contribution in [1.82, 2.24) is 4.98 Å². The number of hydrogen-bond acceptors (Lipinski definition) is 2. The summed E-state index contributed by atoms with van der Waals surface area (Å²) in [4.78, 5) is 4.44. The summed E-state index contributed by atoms with van der Waals surface area (Å²) in [6.45, 7) is 1.09. The molecular weight excluding hydrogens is 196 g/mol. The summed E-state index contributed by atoms with van der Waals surface area (Å²) in [5.41, 5.74) is 2.26. The lowest BCUT2D eigenvalue weighted by molar-refractivity contribution is 0.333. The summed E-state index contributed by atoms with van der Waals surface area (Å²) in [5.74, 6) is 0.874. The van der Waals surface area contributed by atoms with Gasteiger partial charge in [-0.05, 0) is 30.9 Å². The summed E-state index contributed by atoms with van der Waals surface area (Å²) in [6.07, 6.45) is 6.02. The van der Waals surface area contributed by atoms with E-state index in [9.17, 15) is 0 Å². The number of para-hydroxylation sites is 1. The molecule has 1 heterocycles. The molecule has 0 amide bonds. The molecule has 0 bridgehead atoms. The van der Waals surface area contributed by atoms with Gasteiger partial charge in [0.1, 0.15) is 0 Å². The molecule has 1 aromatic heterocycles. The lowest BCUT2D eigenvalue weighted by atomic mass is 9.85. The van der Waals surface area contributed by atoms with Gasteiger partial charge in [0.2, 0.25) is 0 Å². The van der Waals surface area contributed by atoms with E-state index < -0.39 is 0 Å². The van der Waals surface area contributed by atoms with Crippen molar-refractivity contribution in [2.24, 2.45) is 5.92 Å². The molecule has 0 spiro atoms. The third-order valence-electron chi connectivity index (χ3n) is 3.44. The van der Waals surface area contributed by atoms with Crippen LogP contribution in [0.2, 0.25) is 0 Å². The van der Waals surface area contributed by atoms with Gasteiger partial charge < -0.3 is 5.32 Å². The lowest BCUT2D eigenvalue weighted by Gasteiger charge is -2.26. The Bertz CT molecular complexity index is 484. The average molecular weight is 212 g/mol. The monoisotopic (exact) mass is 212 g/mol. The Labute approximate surface area is 95.7 Å². The first-order valence-electron chi connectivity index (χ1n) is 6.01. The maximum Gasteiger partial charge on any atom is 0.0933 e. The van der Waals surface area contributed by atoms with Crippen LogP contribution in [-0.2, 0) is 0 Å². The molecule has 1 aromatic carbocycles. The lowest BCUT2D eigenvalue weighted by Crippen LogP contribution is -2.20. The molecule has 1 saturated carbocycles. The van der Waals surface area contributed by atoms with Crippen molar-refractivity contribution in [3.8, 4) is 0 Å². The number of rotatable bonds is 3. The van der Waals surface area contributed by atoms with Crippen molar-refractivity contribution in [3.63, 3.8) is 0 Å². The molecule has 2 heteroatoms. The summed E-state index contributed by atoms with van der Waals surface area (Å²) >= 11 is 0. The molecule has 1 aliphatic rings. The standard InChI is InChI=1S/C14H16N2/c1-4-11(5-1)10-16-13-8-2-6-12-7-3-9-15-14(12)13/h2-3,6-9,11,16H,1,4-5,10H2. The molecule has 2 aromatic rings. The second kappa shape index (κ2) is 4.12. The van der Waals surface area contributed by atoms with E-state index in [1.54, 1.807) is 0 Å². The van der Waals surface area contributed by atoms with Crippen molar-refractivity contribution in [2.75, 3.05) is 11.9 Å². The van der Waals surface area contributed by atoms with E-state index in [-0.39, 0.29) is 0 Å². The molecule has 1 aliphatic carbocycles. The van der Waals surface area contributed by atoms with Crippen LogP contribution in [0.15, 0.2) is 36.5 Å². The van der Waals surface area contributed by atoms with Crippen molar-refractivity contribution in [2.45, 2.75) is 19.3 Å². The Hall–Kier alpha value is -1.57. The highest BCUT2D eigenvalue weighted by atomic mass is 14.9. The van der Waals surface area contributed by atoms with E-state index in [0.29, 0.717) is 0 Å². The van der Waals surface area contributed by atoms with Gasteiger partial charge >= 0.3 is 0 Å². The van der Waals surface area contributed by atoms with Gasteiger partial charge in [-0.1, -0.05) is 24.6 Å². The molecule has 16 heavy (non-hydrogen) atoms. The fraction of sp³-hybridized carbons (Fsp3) is 0.357. The number of pyridine rings is 1. The van der Waals surface area contributed by atoms with Crippen LogP contribution in [0, 0.1) is 5.92 Å². The fourth-order valence-corrected chi connectivity index (χ4v) is 2.20. The molecule has 0 unspecified atom stereocenters. The largest absolute Gasteiger partial charge is 0.383 e. The molecule has 0 saturated heterocycles. The number of benzene rings is 1. The van der Waals surface area contributed by atoms with Crippen LogP contribution < -0.4 is 5.32 Å². The van der Waals surface area contributed by atoms with Crippen LogP contribution in [0.5, 0.6) is 0 Å². The zero-order valence-corrected chi connectivity index (χ0v) is 9.32. The van der Waals surface area contributed by atoms with E-state index in [1.807, 2.05) is 12.3 Å². The third-order valence-corrected chi connectivity index (χ3v) is 3.44. The van der Waals surface area contributed by atoms with Gasteiger partial charge in [0.15, 0.2) is 0 Å². The van der Waals surface area contributed by atoms with Gasteiger partial charge in [-0.25, -0.2) is 0 Å². The van der Waals surface area contributed by atoms with Crippen LogP contribution in [0.3, 0.4) is 0 Å². The number of fused-ring (bicyclic) bond motifs is 1.